The van der Waals surface area contributed by atoms with E-state index in [-0.39, 0.29) is 17.2 Å². The summed E-state index contributed by atoms with van der Waals surface area (Å²) in [6, 6.07) is 7.17. The summed E-state index contributed by atoms with van der Waals surface area (Å²) in [6.45, 7) is 12.3. The number of H-pyrrole nitrogens is 1. The third-order valence-electron chi connectivity index (χ3n) is 6.96. The minimum Gasteiger partial charge on any atom is -0.465 e. The van der Waals surface area contributed by atoms with E-state index in [1.54, 1.807) is 22.9 Å². The average molecular weight is 500 g/mol. The van der Waals surface area contributed by atoms with Crippen LogP contribution in [0.4, 0.5) is 4.79 Å². The molecule has 0 bridgehead atoms. The zero-order valence-corrected chi connectivity index (χ0v) is 21.8. The van der Waals surface area contributed by atoms with Crippen molar-refractivity contribution in [3.63, 3.8) is 0 Å². The topological polar surface area (TPSA) is 117 Å². The fourth-order valence-electron chi connectivity index (χ4n) is 4.16. The highest BCUT2D eigenvalue weighted by atomic mass is 32.2. The smallest absolute Gasteiger partial charge is 0.465 e. The molecule has 2 aliphatic heterocycles. The van der Waals surface area contributed by atoms with Crippen molar-refractivity contribution in [2.75, 3.05) is 12.3 Å². The molecule has 1 aromatic carbocycles. The zero-order chi connectivity index (χ0) is 25.5. The molecule has 35 heavy (non-hydrogen) atoms. The van der Waals surface area contributed by atoms with Crippen LogP contribution in [0.3, 0.4) is 0 Å². The molecule has 0 unspecified atom stereocenters. The average Bonchev–Trinajstić information content (AvgIpc) is 3.49. The first-order chi connectivity index (χ1) is 16.4. The molecule has 0 spiro atoms. The number of amides is 2. The van der Waals surface area contributed by atoms with Crippen molar-refractivity contribution < 1.29 is 24.0 Å². The lowest BCUT2D eigenvalue weighted by Crippen LogP contribution is -2.50. The lowest BCUT2D eigenvalue weighted by Gasteiger charge is -2.32. The number of thioether (sulfide) groups is 1. The van der Waals surface area contributed by atoms with Gasteiger partial charge in [0.2, 0.25) is 5.91 Å². The van der Waals surface area contributed by atoms with Crippen molar-refractivity contribution in [1.82, 2.24) is 20.2 Å². The van der Waals surface area contributed by atoms with E-state index in [9.17, 15) is 9.59 Å². The zero-order valence-electron chi connectivity index (χ0n) is 21.0. The van der Waals surface area contributed by atoms with Gasteiger partial charge in [-0.15, -0.1) is 11.8 Å². The number of imidazole rings is 1. The Morgan fingerprint density at radius 3 is 2.40 bits per heavy atom. The molecule has 3 heterocycles. The largest absolute Gasteiger partial charge is 0.494 e. The van der Waals surface area contributed by atoms with Crippen molar-refractivity contribution in [2.24, 2.45) is 5.92 Å². The third kappa shape index (κ3) is 5.08. The monoisotopic (exact) mass is 500 g/mol. The molecular weight excluding hydrogens is 467 g/mol. The van der Waals surface area contributed by atoms with Crippen molar-refractivity contribution in [1.29, 1.82) is 0 Å². The van der Waals surface area contributed by atoms with Gasteiger partial charge >= 0.3 is 13.2 Å². The molecule has 2 aromatic rings. The molecule has 2 saturated heterocycles. The molecule has 1 aromatic heterocycles. The van der Waals surface area contributed by atoms with Gasteiger partial charge in [0.05, 0.1) is 23.1 Å². The van der Waals surface area contributed by atoms with E-state index in [2.05, 4.69) is 15.3 Å². The summed E-state index contributed by atoms with van der Waals surface area (Å²) >= 11 is 1.61. The van der Waals surface area contributed by atoms with Crippen LogP contribution in [-0.2, 0) is 14.1 Å². The molecule has 3 N–H and O–H groups in total. The molecule has 188 valence electrons. The number of aromatic amines is 1. The summed E-state index contributed by atoms with van der Waals surface area (Å²) in [7, 11) is -0.422. The SMILES string of the molecule is CC(C)[C@H](NC(=O)O)C(=O)N1CCS[C@H]1c1ncc(-c2ccc(B3OC(C)(C)C(C)(C)O3)cc2)[nH]1. The quantitative estimate of drug-likeness (QED) is 0.522. The molecule has 2 aliphatic rings. The first-order valence-electron chi connectivity index (χ1n) is 11.8. The van der Waals surface area contributed by atoms with Gasteiger partial charge in [-0.05, 0) is 44.6 Å². The minimum atomic E-state index is -1.20. The predicted molar refractivity (Wildman–Crippen MR) is 136 cm³/mol. The summed E-state index contributed by atoms with van der Waals surface area (Å²) in [5, 5.41) is 11.2. The van der Waals surface area contributed by atoms with Crippen LogP contribution in [0.1, 0.15) is 52.7 Å². The normalized spacial score (nSPS) is 22.0. The third-order valence-corrected chi connectivity index (χ3v) is 8.17. The molecule has 2 amide bonds. The molecule has 11 heteroatoms. The highest BCUT2D eigenvalue weighted by Gasteiger charge is 2.51. The van der Waals surface area contributed by atoms with Gasteiger partial charge in [-0.3, -0.25) is 4.79 Å². The first kappa shape index (κ1) is 25.6. The Labute approximate surface area is 210 Å². The van der Waals surface area contributed by atoms with Crippen molar-refractivity contribution in [3.05, 3.63) is 36.3 Å². The number of nitrogens with one attached hydrogen (secondary N) is 2. The van der Waals surface area contributed by atoms with E-state index in [1.165, 1.54) is 0 Å². The predicted octanol–water partition coefficient (Wildman–Crippen LogP) is 3.24. The van der Waals surface area contributed by atoms with E-state index in [0.717, 1.165) is 22.5 Å². The van der Waals surface area contributed by atoms with Crippen LogP contribution in [0.15, 0.2) is 30.5 Å². The maximum Gasteiger partial charge on any atom is 0.494 e. The van der Waals surface area contributed by atoms with Gasteiger partial charge in [0.15, 0.2) is 0 Å². The Bertz CT molecular complexity index is 1070. The van der Waals surface area contributed by atoms with Crippen LogP contribution >= 0.6 is 11.8 Å². The van der Waals surface area contributed by atoms with Crippen LogP contribution in [0, 0.1) is 5.92 Å². The fourth-order valence-corrected chi connectivity index (χ4v) is 5.35. The van der Waals surface area contributed by atoms with Crippen molar-refractivity contribution >= 4 is 36.3 Å². The molecule has 9 nitrogen and oxygen atoms in total. The van der Waals surface area contributed by atoms with E-state index >= 15 is 0 Å². The van der Waals surface area contributed by atoms with Gasteiger partial charge in [0.25, 0.3) is 0 Å². The summed E-state index contributed by atoms with van der Waals surface area (Å²) in [5.74, 6) is 1.03. The van der Waals surface area contributed by atoms with Crippen molar-refractivity contribution in [3.8, 4) is 11.3 Å². The number of carbonyl (C=O) groups is 2. The molecule has 0 saturated carbocycles. The van der Waals surface area contributed by atoms with E-state index < -0.39 is 30.5 Å². The number of carboxylic acid groups (broad SMARTS) is 1. The molecule has 0 radical (unpaired) electrons. The van der Waals surface area contributed by atoms with E-state index in [0.29, 0.717) is 12.4 Å². The maximum atomic E-state index is 13.2. The Balaban J connectivity index is 1.49. The molecular formula is C24H33BN4O5S. The van der Waals surface area contributed by atoms with E-state index in [1.807, 2.05) is 65.8 Å². The number of aromatic nitrogens is 2. The standard InChI is InChI=1S/C24H33BN4O5S/c1-14(2)18(28-22(31)32)20(30)29-11-12-35-21(29)19-26-13-17(27-19)15-7-9-16(10-8-15)25-33-23(3,4)24(5,6)34-25/h7-10,13-14,18,21,28H,11-12H2,1-6H3,(H,26,27)(H,31,32)/t18-,21-/m0/s1. The van der Waals surface area contributed by atoms with Gasteiger partial charge in [-0.2, -0.15) is 0 Å². The summed E-state index contributed by atoms with van der Waals surface area (Å²) < 4.78 is 12.3. The number of hydrogen-bond donors (Lipinski definition) is 3. The lowest BCUT2D eigenvalue weighted by atomic mass is 9.79. The molecule has 0 aliphatic carbocycles. The Kier molecular flexibility index (Phi) is 6.96. The van der Waals surface area contributed by atoms with Crippen LogP contribution in [0.2, 0.25) is 0 Å². The number of nitrogens with zero attached hydrogens (tertiary/aromatic N) is 2. The second-order valence-corrected chi connectivity index (χ2v) is 11.5. The number of rotatable bonds is 6. The highest BCUT2D eigenvalue weighted by Crippen LogP contribution is 2.38. The van der Waals surface area contributed by atoms with Gasteiger partial charge < -0.3 is 29.6 Å². The maximum absolute atomic E-state index is 13.2. The van der Waals surface area contributed by atoms with Gasteiger partial charge in [0, 0.05) is 12.3 Å². The number of benzene rings is 1. The Morgan fingerprint density at radius 1 is 1.20 bits per heavy atom. The van der Waals surface area contributed by atoms with Gasteiger partial charge in [-0.25, -0.2) is 9.78 Å². The van der Waals surface area contributed by atoms with Crippen LogP contribution < -0.4 is 10.8 Å². The van der Waals surface area contributed by atoms with Crippen LogP contribution in [-0.4, -0.2) is 68.6 Å². The fraction of sp³-hybridized carbons (Fsp3) is 0.542. The second-order valence-electron chi connectivity index (χ2n) is 10.3. The first-order valence-corrected chi connectivity index (χ1v) is 12.9. The highest BCUT2D eigenvalue weighted by molar-refractivity contribution is 7.99. The molecule has 2 fully saturated rings. The van der Waals surface area contributed by atoms with Crippen LogP contribution in [0.25, 0.3) is 11.3 Å². The molecule has 4 rings (SSSR count). The minimum absolute atomic E-state index is 0.167. The Morgan fingerprint density at radius 2 is 1.83 bits per heavy atom. The lowest BCUT2D eigenvalue weighted by molar-refractivity contribution is -0.134. The van der Waals surface area contributed by atoms with E-state index in [4.69, 9.17) is 14.4 Å². The Hall–Kier alpha value is -2.50. The second kappa shape index (κ2) is 9.52. The molecule has 2 atom stereocenters. The van der Waals surface area contributed by atoms with Gasteiger partial charge in [-0.1, -0.05) is 38.1 Å². The number of hydrogen-bond acceptors (Lipinski definition) is 6. The number of carbonyl (C=O) groups excluding carboxylic acids is 1. The van der Waals surface area contributed by atoms with Crippen LogP contribution in [0.5, 0.6) is 0 Å². The summed E-state index contributed by atoms with van der Waals surface area (Å²) in [5.41, 5.74) is 1.94. The van der Waals surface area contributed by atoms with Crippen molar-refractivity contribution in [2.45, 2.75) is 64.2 Å². The summed E-state index contributed by atoms with van der Waals surface area (Å²) in [6.07, 6.45) is 0.556. The van der Waals surface area contributed by atoms with Gasteiger partial charge in [0.1, 0.15) is 17.2 Å². The summed E-state index contributed by atoms with van der Waals surface area (Å²) in [4.78, 5) is 34.0.